The molecule has 112 valence electrons. The third kappa shape index (κ3) is 4.39. The van der Waals surface area contributed by atoms with Gasteiger partial charge in [-0.3, -0.25) is 4.90 Å². The summed E-state index contributed by atoms with van der Waals surface area (Å²) in [5, 5.41) is 3.54. The van der Waals surface area contributed by atoms with E-state index in [2.05, 4.69) is 17.1 Å². The molecule has 0 aromatic heterocycles. The Morgan fingerprint density at radius 3 is 2.85 bits per heavy atom. The average molecular weight is 278 g/mol. The SMILES string of the molecule is CCNC1CCCN(CCOc2ccccc2OC)C1. The zero-order chi connectivity index (χ0) is 14.2. The number of likely N-dealkylation sites (N-methyl/N-ethyl adjacent to an activating group) is 1. The first-order valence-electron chi connectivity index (χ1n) is 7.55. The zero-order valence-electron chi connectivity index (χ0n) is 12.6. The third-order valence-corrected chi connectivity index (χ3v) is 3.73. The Morgan fingerprint density at radius 1 is 1.30 bits per heavy atom. The first-order valence-corrected chi connectivity index (χ1v) is 7.55. The second kappa shape index (κ2) is 8.12. The minimum atomic E-state index is 0.639. The summed E-state index contributed by atoms with van der Waals surface area (Å²) in [7, 11) is 1.67. The van der Waals surface area contributed by atoms with Crippen LogP contribution in [0.4, 0.5) is 0 Å². The lowest BCUT2D eigenvalue weighted by Crippen LogP contribution is -2.46. The molecule has 1 heterocycles. The molecule has 0 bridgehead atoms. The van der Waals surface area contributed by atoms with Crippen molar-refractivity contribution < 1.29 is 9.47 Å². The molecule has 1 unspecified atom stereocenters. The van der Waals surface area contributed by atoms with E-state index < -0.39 is 0 Å². The number of methoxy groups -OCH3 is 1. The Morgan fingerprint density at radius 2 is 2.10 bits per heavy atom. The lowest BCUT2D eigenvalue weighted by molar-refractivity contribution is 0.158. The van der Waals surface area contributed by atoms with Gasteiger partial charge in [-0.25, -0.2) is 0 Å². The van der Waals surface area contributed by atoms with Crippen LogP contribution in [0.25, 0.3) is 0 Å². The van der Waals surface area contributed by atoms with E-state index >= 15 is 0 Å². The minimum Gasteiger partial charge on any atom is -0.493 e. The van der Waals surface area contributed by atoms with Gasteiger partial charge in [0, 0.05) is 19.1 Å². The molecule has 1 aliphatic rings. The van der Waals surface area contributed by atoms with E-state index in [0.717, 1.165) is 31.1 Å². The third-order valence-electron chi connectivity index (χ3n) is 3.73. The lowest BCUT2D eigenvalue weighted by Gasteiger charge is -2.32. The molecule has 20 heavy (non-hydrogen) atoms. The van der Waals surface area contributed by atoms with Crippen LogP contribution in [0.15, 0.2) is 24.3 Å². The largest absolute Gasteiger partial charge is 0.493 e. The van der Waals surface area contributed by atoms with E-state index in [0.29, 0.717) is 12.6 Å². The number of ether oxygens (including phenoxy) is 2. The smallest absolute Gasteiger partial charge is 0.161 e. The van der Waals surface area contributed by atoms with Crippen molar-refractivity contribution >= 4 is 0 Å². The van der Waals surface area contributed by atoms with Gasteiger partial charge >= 0.3 is 0 Å². The molecular weight excluding hydrogens is 252 g/mol. The van der Waals surface area contributed by atoms with Crippen molar-refractivity contribution in [3.05, 3.63) is 24.3 Å². The second-order valence-electron chi connectivity index (χ2n) is 5.20. The number of nitrogens with one attached hydrogen (secondary N) is 1. The van der Waals surface area contributed by atoms with Crippen LogP contribution in [-0.2, 0) is 0 Å². The van der Waals surface area contributed by atoms with Crippen molar-refractivity contribution in [1.29, 1.82) is 0 Å². The van der Waals surface area contributed by atoms with Gasteiger partial charge in [-0.1, -0.05) is 19.1 Å². The van der Waals surface area contributed by atoms with Crippen LogP contribution in [0.1, 0.15) is 19.8 Å². The molecule has 0 radical (unpaired) electrons. The Bertz CT molecular complexity index is 396. The first kappa shape index (κ1) is 15.1. The van der Waals surface area contributed by atoms with Crippen LogP contribution in [-0.4, -0.2) is 50.8 Å². The molecule has 0 spiro atoms. The molecule has 0 aliphatic carbocycles. The van der Waals surface area contributed by atoms with E-state index in [1.807, 2.05) is 24.3 Å². The molecular formula is C16H26N2O2. The Balaban J connectivity index is 1.75. The van der Waals surface area contributed by atoms with E-state index in [-0.39, 0.29) is 0 Å². The summed E-state index contributed by atoms with van der Waals surface area (Å²) in [5.41, 5.74) is 0. The van der Waals surface area contributed by atoms with Crippen LogP contribution in [0.3, 0.4) is 0 Å². The van der Waals surface area contributed by atoms with E-state index in [4.69, 9.17) is 9.47 Å². The van der Waals surface area contributed by atoms with Crippen molar-refractivity contribution in [1.82, 2.24) is 10.2 Å². The summed E-state index contributed by atoms with van der Waals surface area (Å²) in [5.74, 6) is 1.63. The molecule has 4 nitrogen and oxygen atoms in total. The van der Waals surface area contributed by atoms with E-state index in [1.165, 1.54) is 19.4 Å². The number of benzene rings is 1. The van der Waals surface area contributed by atoms with Gasteiger partial charge in [0.2, 0.25) is 0 Å². The topological polar surface area (TPSA) is 33.7 Å². The van der Waals surface area contributed by atoms with Gasteiger partial charge < -0.3 is 14.8 Å². The van der Waals surface area contributed by atoms with Gasteiger partial charge in [0.1, 0.15) is 6.61 Å². The van der Waals surface area contributed by atoms with Gasteiger partial charge in [0.05, 0.1) is 7.11 Å². The molecule has 4 heteroatoms. The molecule has 1 fully saturated rings. The van der Waals surface area contributed by atoms with Crippen molar-refractivity contribution in [2.24, 2.45) is 0 Å². The number of piperidine rings is 1. The summed E-state index contributed by atoms with van der Waals surface area (Å²) in [6.45, 7) is 7.21. The number of rotatable bonds is 7. The van der Waals surface area contributed by atoms with Crippen molar-refractivity contribution in [3.8, 4) is 11.5 Å². The number of nitrogens with zero attached hydrogens (tertiary/aromatic N) is 1. The fraction of sp³-hybridized carbons (Fsp3) is 0.625. The fourth-order valence-electron chi connectivity index (χ4n) is 2.74. The molecule has 0 saturated carbocycles. The number of likely N-dealkylation sites (tertiary alicyclic amines) is 1. The minimum absolute atomic E-state index is 0.639. The van der Waals surface area contributed by atoms with Crippen LogP contribution >= 0.6 is 0 Å². The van der Waals surface area contributed by atoms with Gasteiger partial charge in [-0.2, -0.15) is 0 Å². The van der Waals surface area contributed by atoms with Gasteiger partial charge in [-0.15, -0.1) is 0 Å². The maximum atomic E-state index is 5.84. The van der Waals surface area contributed by atoms with Crippen molar-refractivity contribution in [2.45, 2.75) is 25.8 Å². The predicted molar refractivity (Wildman–Crippen MR) is 81.6 cm³/mol. The lowest BCUT2D eigenvalue weighted by atomic mass is 10.1. The number of hydrogen-bond acceptors (Lipinski definition) is 4. The molecule has 1 saturated heterocycles. The fourth-order valence-corrected chi connectivity index (χ4v) is 2.74. The number of para-hydroxylation sites is 2. The molecule has 1 aliphatic heterocycles. The normalized spacial score (nSPS) is 19.8. The molecule has 1 N–H and O–H groups in total. The highest BCUT2D eigenvalue weighted by Gasteiger charge is 2.18. The first-order chi connectivity index (χ1) is 9.83. The highest BCUT2D eigenvalue weighted by atomic mass is 16.5. The van der Waals surface area contributed by atoms with Crippen LogP contribution in [0, 0.1) is 0 Å². The summed E-state index contributed by atoms with van der Waals surface area (Å²) < 4.78 is 11.1. The highest BCUT2D eigenvalue weighted by Crippen LogP contribution is 2.25. The van der Waals surface area contributed by atoms with Gasteiger partial charge in [0.25, 0.3) is 0 Å². The standard InChI is InChI=1S/C16H26N2O2/c1-3-17-14-7-6-10-18(13-14)11-12-20-16-9-5-4-8-15(16)19-2/h4-5,8-9,14,17H,3,6-7,10-13H2,1-2H3. The summed E-state index contributed by atoms with van der Waals surface area (Å²) >= 11 is 0. The summed E-state index contributed by atoms with van der Waals surface area (Å²) in [6.07, 6.45) is 2.56. The zero-order valence-corrected chi connectivity index (χ0v) is 12.6. The van der Waals surface area contributed by atoms with Crippen molar-refractivity contribution in [3.63, 3.8) is 0 Å². The van der Waals surface area contributed by atoms with E-state index in [9.17, 15) is 0 Å². The summed E-state index contributed by atoms with van der Waals surface area (Å²) in [4.78, 5) is 2.48. The molecule has 1 aromatic carbocycles. The molecule has 1 atom stereocenters. The van der Waals surface area contributed by atoms with Crippen LogP contribution in [0.5, 0.6) is 11.5 Å². The second-order valence-corrected chi connectivity index (χ2v) is 5.20. The summed E-state index contributed by atoms with van der Waals surface area (Å²) in [6, 6.07) is 8.45. The monoisotopic (exact) mass is 278 g/mol. The van der Waals surface area contributed by atoms with Gasteiger partial charge in [-0.05, 0) is 38.1 Å². The predicted octanol–water partition coefficient (Wildman–Crippen LogP) is 2.15. The van der Waals surface area contributed by atoms with Crippen molar-refractivity contribution in [2.75, 3.05) is 39.9 Å². The number of hydrogen-bond donors (Lipinski definition) is 1. The quantitative estimate of drug-likeness (QED) is 0.828. The molecule has 1 aromatic rings. The Hall–Kier alpha value is -1.26. The molecule has 2 rings (SSSR count). The molecule has 0 amide bonds. The Kier molecular flexibility index (Phi) is 6.15. The average Bonchev–Trinajstić information content (AvgIpc) is 2.48. The van der Waals surface area contributed by atoms with E-state index in [1.54, 1.807) is 7.11 Å². The highest BCUT2D eigenvalue weighted by molar-refractivity contribution is 5.39. The van der Waals surface area contributed by atoms with Crippen LogP contribution < -0.4 is 14.8 Å². The maximum Gasteiger partial charge on any atom is 0.161 e. The maximum absolute atomic E-state index is 5.84. The Labute approximate surface area is 122 Å². The van der Waals surface area contributed by atoms with Crippen LogP contribution in [0.2, 0.25) is 0 Å². The van der Waals surface area contributed by atoms with Gasteiger partial charge in [0.15, 0.2) is 11.5 Å².